The SMILES string of the molecule is CC1CCN(c2ccc(N3CCN(C(=O)C(C)(C)C)CC3)nn2)CC1. The number of hydrogen-bond acceptors (Lipinski definition) is 5. The van der Waals surface area contributed by atoms with E-state index in [-0.39, 0.29) is 11.3 Å². The number of aromatic nitrogens is 2. The Hall–Kier alpha value is -1.85. The van der Waals surface area contributed by atoms with Crippen molar-refractivity contribution >= 4 is 17.5 Å². The minimum Gasteiger partial charge on any atom is -0.355 e. The average molecular weight is 345 g/mol. The molecular weight excluding hydrogens is 314 g/mol. The summed E-state index contributed by atoms with van der Waals surface area (Å²) in [5.41, 5.74) is -0.310. The summed E-state index contributed by atoms with van der Waals surface area (Å²) in [5.74, 6) is 2.94. The standard InChI is InChI=1S/C19H31N5O/c1-15-7-9-22(10-8-15)16-5-6-17(21-20-16)23-11-13-24(14-12-23)18(25)19(2,3)4/h5-6,15H,7-14H2,1-4H3. The Balaban J connectivity index is 1.56. The van der Waals surface area contributed by atoms with E-state index in [1.54, 1.807) is 0 Å². The second kappa shape index (κ2) is 7.18. The Morgan fingerprint density at radius 1 is 0.920 bits per heavy atom. The first kappa shape index (κ1) is 18.0. The Kier molecular flexibility index (Phi) is 5.16. The van der Waals surface area contributed by atoms with Crippen molar-refractivity contribution in [1.82, 2.24) is 15.1 Å². The second-order valence-corrected chi connectivity index (χ2v) is 8.45. The number of carbonyl (C=O) groups excluding carboxylic acids is 1. The van der Waals surface area contributed by atoms with E-state index in [9.17, 15) is 4.79 Å². The molecule has 0 radical (unpaired) electrons. The van der Waals surface area contributed by atoms with E-state index in [4.69, 9.17) is 0 Å². The fourth-order valence-electron chi connectivity index (χ4n) is 3.51. The molecule has 1 aromatic rings. The molecule has 0 aliphatic carbocycles. The highest BCUT2D eigenvalue weighted by Gasteiger charge is 2.30. The van der Waals surface area contributed by atoms with Crippen LogP contribution >= 0.6 is 0 Å². The van der Waals surface area contributed by atoms with E-state index in [1.807, 2.05) is 25.7 Å². The van der Waals surface area contributed by atoms with Crippen molar-refractivity contribution in [3.05, 3.63) is 12.1 Å². The van der Waals surface area contributed by atoms with E-state index in [2.05, 4.69) is 39.1 Å². The number of carbonyl (C=O) groups is 1. The molecule has 0 saturated carbocycles. The van der Waals surface area contributed by atoms with Gasteiger partial charge in [0.2, 0.25) is 5.91 Å². The maximum atomic E-state index is 12.4. The van der Waals surface area contributed by atoms with E-state index in [0.717, 1.165) is 56.8 Å². The molecule has 1 aromatic heterocycles. The van der Waals surface area contributed by atoms with Gasteiger partial charge in [-0.3, -0.25) is 4.79 Å². The van der Waals surface area contributed by atoms with Crippen LogP contribution < -0.4 is 9.80 Å². The van der Waals surface area contributed by atoms with Gasteiger partial charge in [-0.25, -0.2) is 0 Å². The van der Waals surface area contributed by atoms with Gasteiger partial charge in [0.25, 0.3) is 0 Å². The summed E-state index contributed by atoms with van der Waals surface area (Å²) in [5, 5.41) is 8.90. The smallest absolute Gasteiger partial charge is 0.228 e. The van der Waals surface area contributed by atoms with Crippen LogP contribution in [-0.4, -0.2) is 60.3 Å². The van der Waals surface area contributed by atoms with Crippen LogP contribution in [0, 0.1) is 11.3 Å². The molecule has 6 heteroatoms. The summed E-state index contributed by atoms with van der Waals surface area (Å²) in [7, 11) is 0. The van der Waals surface area contributed by atoms with Crippen molar-refractivity contribution in [1.29, 1.82) is 0 Å². The van der Waals surface area contributed by atoms with Crippen molar-refractivity contribution in [3.8, 4) is 0 Å². The molecule has 25 heavy (non-hydrogen) atoms. The number of amides is 1. The second-order valence-electron chi connectivity index (χ2n) is 8.45. The summed E-state index contributed by atoms with van der Waals surface area (Å²) >= 11 is 0. The molecule has 3 rings (SSSR count). The third kappa shape index (κ3) is 4.22. The highest BCUT2D eigenvalue weighted by Crippen LogP contribution is 2.23. The maximum Gasteiger partial charge on any atom is 0.228 e. The average Bonchev–Trinajstić information content (AvgIpc) is 2.61. The minimum atomic E-state index is -0.310. The molecule has 138 valence electrons. The Morgan fingerprint density at radius 3 is 1.84 bits per heavy atom. The molecular formula is C19H31N5O. The lowest BCUT2D eigenvalue weighted by Gasteiger charge is -2.38. The van der Waals surface area contributed by atoms with Crippen molar-refractivity contribution < 1.29 is 4.79 Å². The van der Waals surface area contributed by atoms with Crippen molar-refractivity contribution in [2.75, 3.05) is 49.1 Å². The van der Waals surface area contributed by atoms with E-state index in [1.165, 1.54) is 12.8 Å². The Morgan fingerprint density at radius 2 is 1.40 bits per heavy atom. The van der Waals surface area contributed by atoms with Crippen LogP contribution in [0.3, 0.4) is 0 Å². The molecule has 2 saturated heterocycles. The summed E-state index contributed by atoms with van der Waals surface area (Å²) in [6.07, 6.45) is 2.46. The predicted octanol–water partition coefficient (Wildman–Crippen LogP) is 2.41. The van der Waals surface area contributed by atoms with Crippen LogP contribution in [0.25, 0.3) is 0 Å². The monoisotopic (exact) mass is 345 g/mol. The zero-order chi connectivity index (χ0) is 18.0. The fourth-order valence-corrected chi connectivity index (χ4v) is 3.51. The fraction of sp³-hybridized carbons (Fsp3) is 0.737. The zero-order valence-corrected chi connectivity index (χ0v) is 16.0. The summed E-state index contributed by atoms with van der Waals surface area (Å²) in [6, 6.07) is 4.16. The number of piperazine rings is 1. The first-order chi connectivity index (χ1) is 11.8. The van der Waals surface area contributed by atoms with Gasteiger partial charge in [0.15, 0.2) is 11.6 Å². The molecule has 0 atom stereocenters. The van der Waals surface area contributed by atoms with E-state index < -0.39 is 0 Å². The lowest BCUT2D eigenvalue weighted by Crippen LogP contribution is -2.51. The van der Waals surface area contributed by atoms with Gasteiger partial charge in [0.1, 0.15) is 0 Å². The van der Waals surface area contributed by atoms with Crippen LogP contribution in [-0.2, 0) is 4.79 Å². The molecule has 0 bridgehead atoms. The topological polar surface area (TPSA) is 52.6 Å². The number of rotatable bonds is 2. The molecule has 0 unspecified atom stereocenters. The zero-order valence-electron chi connectivity index (χ0n) is 16.0. The van der Waals surface area contributed by atoms with Gasteiger partial charge in [0, 0.05) is 44.7 Å². The van der Waals surface area contributed by atoms with Gasteiger partial charge in [0.05, 0.1) is 0 Å². The Bertz CT molecular complexity index is 579. The summed E-state index contributed by atoms with van der Waals surface area (Å²) < 4.78 is 0. The third-order valence-electron chi connectivity index (χ3n) is 5.28. The number of anilines is 2. The van der Waals surface area contributed by atoms with E-state index >= 15 is 0 Å². The number of nitrogens with zero attached hydrogens (tertiary/aromatic N) is 5. The highest BCUT2D eigenvalue weighted by molar-refractivity contribution is 5.81. The van der Waals surface area contributed by atoms with Gasteiger partial charge in [-0.15, -0.1) is 10.2 Å². The Labute approximate surface area is 151 Å². The van der Waals surface area contributed by atoms with Gasteiger partial charge >= 0.3 is 0 Å². The molecule has 2 fully saturated rings. The molecule has 0 spiro atoms. The maximum absolute atomic E-state index is 12.4. The van der Waals surface area contributed by atoms with Crippen molar-refractivity contribution in [2.45, 2.75) is 40.5 Å². The van der Waals surface area contributed by atoms with Crippen LogP contribution in [0.2, 0.25) is 0 Å². The quantitative estimate of drug-likeness (QED) is 0.824. The van der Waals surface area contributed by atoms with Crippen LogP contribution in [0.5, 0.6) is 0 Å². The van der Waals surface area contributed by atoms with Crippen LogP contribution in [0.1, 0.15) is 40.5 Å². The van der Waals surface area contributed by atoms with Crippen molar-refractivity contribution in [3.63, 3.8) is 0 Å². The molecule has 1 amide bonds. The van der Waals surface area contributed by atoms with Gasteiger partial charge in [-0.1, -0.05) is 27.7 Å². The first-order valence-corrected chi connectivity index (χ1v) is 9.47. The molecule has 2 aliphatic heterocycles. The van der Waals surface area contributed by atoms with E-state index in [0.29, 0.717) is 0 Å². The highest BCUT2D eigenvalue weighted by atomic mass is 16.2. The van der Waals surface area contributed by atoms with Crippen molar-refractivity contribution in [2.24, 2.45) is 11.3 Å². The predicted molar refractivity (Wildman–Crippen MR) is 101 cm³/mol. The lowest BCUT2D eigenvalue weighted by atomic mass is 9.94. The molecule has 0 N–H and O–H groups in total. The largest absolute Gasteiger partial charge is 0.355 e. The third-order valence-corrected chi connectivity index (χ3v) is 5.28. The van der Waals surface area contributed by atoms with Crippen LogP contribution in [0.15, 0.2) is 12.1 Å². The molecule has 0 aromatic carbocycles. The normalized spacial score (nSPS) is 20.1. The van der Waals surface area contributed by atoms with Crippen LogP contribution in [0.4, 0.5) is 11.6 Å². The molecule has 2 aliphatic rings. The minimum absolute atomic E-state index is 0.230. The lowest BCUT2D eigenvalue weighted by molar-refractivity contribution is -0.139. The first-order valence-electron chi connectivity index (χ1n) is 9.47. The molecule has 3 heterocycles. The number of piperidine rings is 1. The van der Waals surface area contributed by atoms with Gasteiger partial charge in [-0.05, 0) is 30.9 Å². The van der Waals surface area contributed by atoms with Gasteiger partial charge in [-0.2, -0.15) is 0 Å². The van der Waals surface area contributed by atoms with Gasteiger partial charge < -0.3 is 14.7 Å². The molecule has 6 nitrogen and oxygen atoms in total. The summed E-state index contributed by atoms with van der Waals surface area (Å²) in [6.45, 7) is 13.5. The summed E-state index contributed by atoms with van der Waals surface area (Å²) in [4.78, 5) is 18.9. The number of hydrogen-bond donors (Lipinski definition) is 0.